The van der Waals surface area contributed by atoms with Crippen LogP contribution in [-0.2, 0) is 21.9 Å². The number of thiocarbonyl (C=S) groups is 1. The summed E-state index contributed by atoms with van der Waals surface area (Å²) in [5.74, 6) is -2.85. The summed E-state index contributed by atoms with van der Waals surface area (Å²) in [6, 6.07) is 6.37. The Morgan fingerprint density at radius 2 is 1.60 bits per heavy atom. The van der Waals surface area contributed by atoms with E-state index < -0.39 is 52.6 Å². The van der Waals surface area contributed by atoms with Crippen LogP contribution in [0.2, 0.25) is 0 Å². The number of thiophene rings is 1. The van der Waals surface area contributed by atoms with Crippen LogP contribution in [-0.4, -0.2) is 43.8 Å². The molecule has 4 rings (SSSR count). The lowest BCUT2D eigenvalue weighted by Gasteiger charge is -2.14. The molecular weight excluding hydrogens is 630 g/mol. The van der Waals surface area contributed by atoms with Gasteiger partial charge < -0.3 is 15.5 Å². The highest BCUT2D eigenvalue weighted by Crippen LogP contribution is 2.44. The van der Waals surface area contributed by atoms with E-state index in [1.165, 1.54) is 35.7 Å². The SMILES string of the molecule is O=C(CCN1C(=O)/C(=C/c2scc(-c3cc(C(F)(F)F)cc(C(F)(F)F)c3)c2O)SC1=S)Nc1ccc(C(=O)O)cc1. The van der Waals surface area contributed by atoms with Crippen molar-refractivity contribution in [3.05, 3.63) is 74.3 Å². The molecule has 0 saturated carbocycles. The molecule has 16 heteroatoms. The number of anilines is 1. The first-order chi connectivity index (χ1) is 19.5. The Balaban J connectivity index is 1.49. The van der Waals surface area contributed by atoms with Crippen LogP contribution in [0.25, 0.3) is 17.2 Å². The standard InChI is InChI=1S/C26H16F6N2O5S3/c27-25(28,29)14-7-13(8-15(9-14)26(30,31)32)17-11-41-18(21(17)36)10-19-22(37)34(24(40)42-19)6-5-20(35)33-16-3-1-12(2-4-16)23(38)39/h1-4,7-11,36H,5-6H2,(H,33,35)(H,38,39)/b19-10-. The summed E-state index contributed by atoms with van der Waals surface area (Å²) in [4.78, 5) is 37.3. The summed E-state index contributed by atoms with van der Waals surface area (Å²) in [6.45, 7) is -0.118. The van der Waals surface area contributed by atoms with Crippen LogP contribution < -0.4 is 5.32 Å². The maximum absolute atomic E-state index is 13.3. The second-order valence-corrected chi connectivity index (χ2v) is 11.3. The lowest BCUT2D eigenvalue weighted by Crippen LogP contribution is -2.31. The second-order valence-electron chi connectivity index (χ2n) is 8.67. The van der Waals surface area contributed by atoms with E-state index in [4.69, 9.17) is 17.3 Å². The number of carboxylic acid groups (broad SMARTS) is 1. The van der Waals surface area contributed by atoms with Gasteiger partial charge in [-0.1, -0.05) is 24.0 Å². The number of aromatic carboxylic acids is 1. The number of nitrogens with zero attached hydrogens (tertiary/aromatic N) is 1. The van der Waals surface area contributed by atoms with Gasteiger partial charge >= 0.3 is 18.3 Å². The molecule has 0 spiro atoms. The molecule has 1 aliphatic heterocycles. The van der Waals surface area contributed by atoms with Gasteiger partial charge in [0.15, 0.2) is 0 Å². The van der Waals surface area contributed by atoms with Crippen LogP contribution in [0, 0.1) is 0 Å². The van der Waals surface area contributed by atoms with E-state index in [1.54, 1.807) is 0 Å². The second kappa shape index (κ2) is 11.8. The molecule has 1 fully saturated rings. The van der Waals surface area contributed by atoms with E-state index in [9.17, 15) is 45.8 Å². The first-order valence-electron chi connectivity index (χ1n) is 11.5. The smallest absolute Gasteiger partial charge is 0.416 e. The number of thioether (sulfide) groups is 1. The van der Waals surface area contributed by atoms with Gasteiger partial charge in [0.1, 0.15) is 10.1 Å². The molecule has 2 aromatic carbocycles. The zero-order valence-corrected chi connectivity index (χ0v) is 23.1. The summed E-state index contributed by atoms with van der Waals surface area (Å²) < 4.78 is 79.7. The Morgan fingerprint density at radius 1 is 1.00 bits per heavy atom. The minimum absolute atomic E-state index is 0.000906. The third-order valence-corrected chi connectivity index (χ3v) is 8.10. The highest BCUT2D eigenvalue weighted by molar-refractivity contribution is 8.26. The fourth-order valence-corrected chi connectivity index (χ4v) is 5.99. The maximum Gasteiger partial charge on any atom is 0.416 e. The highest BCUT2D eigenvalue weighted by atomic mass is 32.2. The largest absolute Gasteiger partial charge is 0.506 e. The lowest BCUT2D eigenvalue weighted by molar-refractivity contribution is -0.143. The topological polar surface area (TPSA) is 107 Å². The maximum atomic E-state index is 13.3. The van der Waals surface area contributed by atoms with Gasteiger partial charge in [-0.15, -0.1) is 11.3 Å². The summed E-state index contributed by atoms with van der Waals surface area (Å²) in [6.07, 6.45) is -9.10. The van der Waals surface area contributed by atoms with Crippen molar-refractivity contribution in [2.45, 2.75) is 18.8 Å². The summed E-state index contributed by atoms with van der Waals surface area (Å²) in [5, 5.41) is 23.3. The summed E-state index contributed by atoms with van der Waals surface area (Å²) in [5.41, 5.74) is -3.51. The van der Waals surface area contributed by atoms with E-state index in [2.05, 4.69) is 5.32 Å². The van der Waals surface area contributed by atoms with E-state index in [0.717, 1.165) is 28.0 Å². The number of alkyl halides is 6. The molecule has 3 N–H and O–H groups in total. The molecule has 1 saturated heterocycles. The van der Waals surface area contributed by atoms with Crippen LogP contribution in [0.5, 0.6) is 5.75 Å². The van der Waals surface area contributed by atoms with E-state index in [1.807, 2.05) is 0 Å². The predicted molar refractivity (Wildman–Crippen MR) is 148 cm³/mol. The first-order valence-corrected chi connectivity index (χ1v) is 13.6. The van der Waals surface area contributed by atoms with E-state index in [0.29, 0.717) is 17.8 Å². The summed E-state index contributed by atoms with van der Waals surface area (Å²) >= 11 is 6.85. The zero-order chi connectivity index (χ0) is 31.0. The third-order valence-electron chi connectivity index (χ3n) is 5.80. The average molecular weight is 647 g/mol. The van der Waals surface area contributed by atoms with Crippen LogP contribution in [0.15, 0.2) is 52.7 Å². The van der Waals surface area contributed by atoms with Gasteiger partial charge in [0.05, 0.1) is 26.5 Å². The number of hydrogen-bond donors (Lipinski definition) is 3. The van der Waals surface area contributed by atoms with Gasteiger partial charge in [0, 0.05) is 29.6 Å². The van der Waals surface area contributed by atoms with Crippen molar-refractivity contribution in [3.63, 3.8) is 0 Å². The van der Waals surface area contributed by atoms with Crippen molar-refractivity contribution < 1.29 is 50.9 Å². The zero-order valence-electron chi connectivity index (χ0n) is 20.7. The van der Waals surface area contributed by atoms with Crippen LogP contribution >= 0.6 is 35.3 Å². The number of nitrogens with one attached hydrogen (secondary N) is 1. The quantitative estimate of drug-likeness (QED) is 0.143. The predicted octanol–water partition coefficient (Wildman–Crippen LogP) is 7.09. The first kappa shape index (κ1) is 31.1. The molecule has 2 amide bonds. The number of carboxylic acids is 1. The molecule has 42 heavy (non-hydrogen) atoms. The van der Waals surface area contributed by atoms with E-state index in [-0.39, 0.29) is 44.3 Å². The molecule has 0 aliphatic carbocycles. The molecule has 2 heterocycles. The molecule has 220 valence electrons. The van der Waals surface area contributed by atoms with Crippen LogP contribution in [0.1, 0.15) is 32.8 Å². The van der Waals surface area contributed by atoms with Crippen molar-refractivity contribution in [2.24, 2.45) is 0 Å². The number of benzene rings is 2. The molecule has 0 radical (unpaired) electrons. The van der Waals surface area contributed by atoms with Gasteiger partial charge in [-0.3, -0.25) is 14.5 Å². The lowest BCUT2D eigenvalue weighted by atomic mass is 10.00. The minimum Gasteiger partial charge on any atom is -0.506 e. The highest BCUT2D eigenvalue weighted by Gasteiger charge is 2.37. The molecule has 0 atom stereocenters. The van der Waals surface area contributed by atoms with Crippen molar-refractivity contribution >= 4 is 69.2 Å². The molecule has 1 aliphatic rings. The van der Waals surface area contributed by atoms with Gasteiger partial charge in [-0.25, -0.2) is 4.79 Å². The monoisotopic (exact) mass is 646 g/mol. The van der Waals surface area contributed by atoms with Gasteiger partial charge in [-0.05, 0) is 54.1 Å². The number of aromatic hydroxyl groups is 1. The van der Waals surface area contributed by atoms with Gasteiger partial charge in [0.2, 0.25) is 5.91 Å². The van der Waals surface area contributed by atoms with Crippen LogP contribution in [0.3, 0.4) is 0 Å². The third kappa shape index (κ3) is 6.94. The number of hydrogen-bond acceptors (Lipinski definition) is 7. The number of carbonyl (C=O) groups is 3. The van der Waals surface area contributed by atoms with Gasteiger partial charge in [0.25, 0.3) is 5.91 Å². The molecule has 0 bridgehead atoms. The Morgan fingerprint density at radius 3 is 2.14 bits per heavy atom. The Kier molecular flexibility index (Phi) is 8.71. The molecular formula is C26H16F6N2O5S3. The van der Waals surface area contributed by atoms with Crippen molar-refractivity contribution in [1.82, 2.24) is 4.90 Å². The van der Waals surface area contributed by atoms with E-state index >= 15 is 0 Å². The van der Waals surface area contributed by atoms with Crippen LogP contribution in [0.4, 0.5) is 32.0 Å². The normalized spacial score (nSPS) is 15.0. The number of halogens is 6. The fourth-order valence-electron chi connectivity index (χ4n) is 3.73. The molecule has 0 unspecified atom stereocenters. The number of rotatable bonds is 7. The fraction of sp³-hybridized carbons (Fsp3) is 0.154. The number of amides is 2. The number of carbonyl (C=O) groups excluding carboxylic acids is 2. The van der Waals surface area contributed by atoms with Crippen molar-refractivity contribution in [1.29, 1.82) is 0 Å². The van der Waals surface area contributed by atoms with Crippen molar-refractivity contribution in [2.75, 3.05) is 11.9 Å². The Bertz CT molecular complexity index is 1580. The molecule has 7 nitrogen and oxygen atoms in total. The van der Waals surface area contributed by atoms with Crippen molar-refractivity contribution in [3.8, 4) is 16.9 Å². The minimum atomic E-state index is -5.07. The molecule has 1 aromatic heterocycles. The Hall–Kier alpha value is -3.89. The molecule has 3 aromatic rings. The average Bonchev–Trinajstić information content (AvgIpc) is 3.39. The summed E-state index contributed by atoms with van der Waals surface area (Å²) in [7, 11) is 0. The van der Waals surface area contributed by atoms with Gasteiger partial charge in [-0.2, -0.15) is 26.3 Å². The Labute approximate surface area is 246 Å².